The zero-order valence-corrected chi connectivity index (χ0v) is 20.9. The highest BCUT2D eigenvalue weighted by molar-refractivity contribution is 7.86. The summed E-state index contributed by atoms with van der Waals surface area (Å²) >= 11 is 0. The number of hydrogen-bond donors (Lipinski definition) is 0. The number of hydrogen-bond acceptors (Lipinski definition) is 7. The first-order chi connectivity index (χ1) is 15.8. The van der Waals surface area contributed by atoms with Crippen LogP contribution in [0, 0.1) is 0 Å². The third-order valence-electron chi connectivity index (χ3n) is 5.80. The van der Waals surface area contributed by atoms with Crippen molar-refractivity contribution in [1.29, 1.82) is 0 Å². The van der Waals surface area contributed by atoms with E-state index >= 15 is 0 Å². The molecule has 1 aromatic carbocycles. The van der Waals surface area contributed by atoms with Crippen LogP contribution >= 0.6 is 0 Å². The van der Waals surface area contributed by atoms with Crippen molar-refractivity contribution in [1.82, 2.24) is 18.4 Å². The van der Waals surface area contributed by atoms with Gasteiger partial charge in [-0.25, -0.2) is 0 Å². The molecule has 0 radical (unpaired) electrons. The Bertz CT molecular complexity index is 882. The van der Waals surface area contributed by atoms with Crippen molar-refractivity contribution < 1.29 is 27.4 Å². The maximum absolute atomic E-state index is 13.3. The van der Waals surface area contributed by atoms with Gasteiger partial charge in [0.15, 0.2) is 11.5 Å². The highest BCUT2D eigenvalue weighted by Gasteiger charge is 2.35. The van der Waals surface area contributed by atoms with Crippen molar-refractivity contribution in [3.8, 4) is 17.2 Å². The maximum Gasteiger partial charge on any atom is 0.282 e. The number of likely N-dealkylation sites (N-methyl/N-ethyl adjacent to an activating group) is 1. The van der Waals surface area contributed by atoms with Crippen LogP contribution in [-0.2, 0) is 10.2 Å². The lowest BCUT2D eigenvalue weighted by molar-refractivity contribution is 0.0691. The number of carbonyl (C=O) groups excluding carboxylic acids is 1. The summed E-state index contributed by atoms with van der Waals surface area (Å²) in [7, 11) is -1.53. The highest BCUT2D eigenvalue weighted by atomic mass is 32.2. The lowest BCUT2D eigenvalue weighted by atomic mass is 10.1. The van der Waals surface area contributed by atoms with Gasteiger partial charge in [-0.15, -0.1) is 0 Å². The van der Waals surface area contributed by atoms with E-state index < -0.39 is 10.2 Å². The molecule has 1 aromatic rings. The Kier molecular flexibility index (Phi) is 8.80. The molecule has 0 N–H and O–H groups in total. The van der Waals surface area contributed by atoms with E-state index in [0.717, 1.165) is 13.1 Å². The van der Waals surface area contributed by atoms with E-state index in [1.165, 1.54) is 4.31 Å². The zero-order chi connectivity index (χ0) is 24.0. The van der Waals surface area contributed by atoms with E-state index in [0.29, 0.717) is 68.8 Å². The minimum atomic E-state index is -3.52. The van der Waals surface area contributed by atoms with Crippen LogP contribution in [0.5, 0.6) is 17.2 Å². The number of carbonyl (C=O) groups is 1. The molecule has 0 atom stereocenters. The monoisotopic (exact) mass is 484 g/mol. The topological polar surface area (TPSA) is 91.9 Å². The summed E-state index contributed by atoms with van der Waals surface area (Å²) in [6.07, 6.45) is 0. The molecule has 3 rings (SSSR count). The van der Waals surface area contributed by atoms with Gasteiger partial charge in [-0.2, -0.15) is 17.0 Å². The van der Waals surface area contributed by atoms with E-state index in [1.54, 1.807) is 21.3 Å². The van der Waals surface area contributed by atoms with E-state index in [9.17, 15) is 13.2 Å². The van der Waals surface area contributed by atoms with Crippen LogP contribution in [-0.4, -0.2) is 112 Å². The van der Waals surface area contributed by atoms with Crippen molar-refractivity contribution in [3.05, 3.63) is 17.7 Å². The molecule has 10 nitrogen and oxygen atoms in total. The van der Waals surface area contributed by atoms with Crippen molar-refractivity contribution in [2.75, 3.05) is 79.2 Å². The standard InChI is InChI=1S/C22H36N4O6S/c1-5-30-19-16-18(17-20(31-6-2)21(19)32-7-3)22(27)24-10-14-26(15-11-24)33(28,29)25-12-8-23(4)9-13-25/h16-17H,5-15H2,1-4H3. The Hall–Kier alpha value is -2.08. The van der Waals surface area contributed by atoms with Gasteiger partial charge in [0.25, 0.3) is 16.1 Å². The second-order valence-electron chi connectivity index (χ2n) is 8.00. The van der Waals surface area contributed by atoms with Crippen LogP contribution in [0.3, 0.4) is 0 Å². The molecule has 2 fully saturated rings. The lowest BCUT2D eigenvalue weighted by Gasteiger charge is -2.39. The van der Waals surface area contributed by atoms with E-state index in [2.05, 4.69) is 4.90 Å². The van der Waals surface area contributed by atoms with Gasteiger partial charge < -0.3 is 24.0 Å². The van der Waals surface area contributed by atoms with Crippen molar-refractivity contribution in [2.45, 2.75) is 20.8 Å². The number of ether oxygens (including phenoxy) is 3. The molecule has 0 saturated carbocycles. The second kappa shape index (κ2) is 11.4. The number of benzene rings is 1. The summed E-state index contributed by atoms with van der Waals surface area (Å²) in [6.45, 7) is 10.5. The van der Waals surface area contributed by atoms with Gasteiger partial charge in [0.05, 0.1) is 19.8 Å². The minimum Gasteiger partial charge on any atom is -0.490 e. The highest BCUT2D eigenvalue weighted by Crippen LogP contribution is 2.39. The summed E-state index contributed by atoms with van der Waals surface area (Å²) in [4.78, 5) is 17.1. The van der Waals surface area contributed by atoms with Crippen molar-refractivity contribution in [3.63, 3.8) is 0 Å². The summed E-state index contributed by atoms with van der Waals surface area (Å²) in [5.41, 5.74) is 0.431. The molecule has 0 aliphatic carbocycles. The molecule has 186 valence electrons. The van der Waals surface area contributed by atoms with Gasteiger partial charge >= 0.3 is 0 Å². The smallest absolute Gasteiger partial charge is 0.282 e. The van der Waals surface area contributed by atoms with Gasteiger partial charge in [-0.1, -0.05) is 0 Å². The largest absolute Gasteiger partial charge is 0.490 e. The fraction of sp³-hybridized carbons (Fsp3) is 0.682. The van der Waals surface area contributed by atoms with Crippen LogP contribution in [0.25, 0.3) is 0 Å². The molecule has 2 heterocycles. The second-order valence-corrected chi connectivity index (χ2v) is 9.93. The van der Waals surface area contributed by atoms with Crippen LogP contribution < -0.4 is 14.2 Å². The number of nitrogens with zero attached hydrogens (tertiary/aromatic N) is 4. The summed E-state index contributed by atoms with van der Waals surface area (Å²) in [5, 5.41) is 0. The summed E-state index contributed by atoms with van der Waals surface area (Å²) in [5.74, 6) is 1.23. The van der Waals surface area contributed by atoms with Crippen LogP contribution in [0.2, 0.25) is 0 Å². The van der Waals surface area contributed by atoms with Gasteiger partial charge in [-0.05, 0) is 40.0 Å². The fourth-order valence-electron chi connectivity index (χ4n) is 4.00. The first kappa shape index (κ1) is 25.5. The first-order valence-electron chi connectivity index (χ1n) is 11.6. The Morgan fingerprint density at radius 3 is 1.70 bits per heavy atom. The molecule has 33 heavy (non-hydrogen) atoms. The van der Waals surface area contributed by atoms with Crippen molar-refractivity contribution in [2.24, 2.45) is 0 Å². The predicted octanol–water partition coefficient (Wildman–Crippen LogP) is 1.13. The average Bonchev–Trinajstić information content (AvgIpc) is 2.81. The average molecular weight is 485 g/mol. The maximum atomic E-state index is 13.3. The molecule has 0 aromatic heterocycles. The molecule has 2 saturated heterocycles. The minimum absolute atomic E-state index is 0.184. The third kappa shape index (κ3) is 5.89. The number of piperazine rings is 2. The third-order valence-corrected chi connectivity index (χ3v) is 7.83. The predicted molar refractivity (Wildman–Crippen MR) is 125 cm³/mol. The Labute approximate surface area is 197 Å². The Balaban J connectivity index is 1.72. The first-order valence-corrected chi connectivity index (χ1v) is 13.0. The summed E-state index contributed by atoms with van der Waals surface area (Å²) < 4.78 is 46.2. The SMILES string of the molecule is CCOc1cc(C(=O)N2CCN(S(=O)(=O)N3CCN(C)CC3)CC2)cc(OCC)c1OCC. The van der Waals surface area contributed by atoms with Crippen LogP contribution in [0.4, 0.5) is 0 Å². The van der Waals surface area contributed by atoms with Gasteiger partial charge in [0.2, 0.25) is 5.75 Å². The molecular weight excluding hydrogens is 448 g/mol. The molecule has 0 spiro atoms. The molecule has 11 heteroatoms. The molecule has 2 aliphatic heterocycles. The molecule has 1 amide bonds. The van der Waals surface area contributed by atoms with E-state index in [1.807, 2.05) is 27.8 Å². The summed E-state index contributed by atoms with van der Waals surface area (Å²) in [6, 6.07) is 3.35. The quantitative estimate of drug-likeness (QED) is 0.519. The van der Waals surface area contributed by atoms with Crippen LogP contribution in [0.15, 0.2) is 12.1 Å². The molecule has 2 aliphatic rings. The molecule has 0 bridgehead atoms. The van der Waals surface area contributed by atoms with Gasteiger partial charge in [0, 0.05) is 57.9 Å². The normalized spacial score (nSPS) is 18.8. The fourth-order valence-corrected chi connectivity index (χ4v) is 5.57. The van der Waals surface area contributed by atoms with Crippen molar-refractivity contribution >= 4 is 16.1 Å². The van der Waals surface area contributed by atoms with E-state index in [4.69, 9.17) is 14.2 Å². The van der Waals surface area contributed by atoms with Crippen LogP contribution in [0.1, 0.15) is 31.1 Å². The van der Waals surface area contributed by atoms with E-state index in [-0.39, 0.29) is 19.0 Å². The Morgan fingerprint density at radius 2 is 1.24 bits per heavy atom. The number of rotatable bonds is 9. The molecule has 0 unspecified atom stereocenters. The molecular formula is C22H36N4O6S. The van der Waals surface area contributed by atoms with Gasteiger partial charge in [0.1, 0.15) is 0 Å². The zero-order valence-electron chi connectivity index (χ0n) is 20.1. The Morgan fingerprint density at radius 1 is 0.788 bits per heavy atom. The number of amides is 1. The lowest BCUT2D eigenvalue weighted by Crippen LogP contribution is -2.57. The van der Waals surface area contributed by atoms with Gasteiger partial charge in [-0.3, -0.25) is 4.79 Å².